The summed E-state index contributed by atoms with van der Waals surface area (Å²) in [7, 11) is 0. The summed E-state index contributed by atoms with van der Waals surface area (Å²) in [4.78, 5) is 12.8. The number of rotatable bonds is 3. The molecule has 0 aromatic heterocycles. The van der Waals surface area contributed by atoms with Crippen LogP contribution in [0.2, 0.25) is 0 Å². The number of hydrogen-bond donors (Lipinski definition) is 1. The molecule has 94 valence electrons. The molecule has 1 aromatic carbocycles. The second-order valence-electron chi connectivity index (χ2n) is 5.47. The van der Waals surface area contributed by atoms with Gasteiger partial charge in [-0.05, 0) is 36.6 Å². The molecule has 1 N–H and O–H groups in total. The molecule has 3 nitrogen and oxygen atoms in total. The lowest BCUT2D eigenvalue weighted by atomic mass is 9.63. The third-order valence-corrected chi connectivity index (χ3v) is 4.14. The van der Waals surface area contributed by atoms with E-state index in [1.807, 2.05) is 12.1 Å². The highest BCUT2D eigenvalue weighted by atomic mass is 16.4. The van der Waals surface area contributed by atoms with E-state index in [4.69, 9.17) is 5.11 Å². The highest BCUT2D eigenvalue weighted by molar-refractivity contribution is 5.85. The second-order valence-corrected chi connectivity index (χ2v) is 5.47. The Balaban J connectivity index is 1.63. The minimum atomic E-state index is -0.909. The number of aliphatic carboxylic acids is 1. The molecular formula is C15H17NO2. The quantitative estimate of drug-likeness (QED) is 0.830. The van der Waals surface area contributed by atoms with Crippen molar-refractivity contribution in [3.63, 3.8) is 0 Å². The van der Waals surface area contributed by atoms with Gasteiger partial charge in [-0.3, -0.25) is 0 Å². The third-order valence-electron chi connectivity index (χ3n) is 4.14. The number of carboxylic acids is 1. The van der Waals surface area contributed by atoms with Gasteiger partial charge in [-0.1, -0.05) is 18.6 Å². The zero-order valence-corrected chi connectivity index (χ0v) is 10.3. The standard InChI is InChI=1S/C15H17NO2/c17-14(18)7-4-12-2-5-13(6-3-12)16-10-15(11-16)8-1-9-15/h2-7H,1,8-11H2,(H,17,18)/b7-4+. The Morgan fingerprint density at radius 3 is 2.39 bits per heavy atom. The van der Waals surface area contributed by atoms with Crippen LogP contribution in [0.4, 0.5) is 5.69 Å². The number of carbonyl (C=O) groups is 1. The Morgan fingerprint density at radius 2 is 1.89 bits per heavy atom. The summed E-state index contributed by atoms with van der Waals surface area (Å²) in [5, 5.41) is 8.56. The van der Waals surface area contributed by atoms with Crippen LogP contribution in [-0.4, -0.2) is 24.2 Å². The molecule has 3 rings (SSSR count). The molecule has 2 aliphatic rings. The topological polar surface area (TPSA) is 40.5 Å². The molecule has 1 aromatic rings. The van der Waals surface area contributed by atoms with Gasteiger partial charge in [0.1, 0.15) is 0 Å². The van der Waals surface area contributed by atoms with Crippen LogP contribution in [0.3, 0.4) is 0 Å². The van der Waals surface area contributed by atoms with Crippen molar-refractivity contribution in [2.75, 3.05) is 18.0 Å². The normalized spacial score (nSPS) is 20.8. The van der Waals surface area contributed by atoms with E-state index in [0.29, 0.717) is 5.41 Å². The van der Waals surface area contributed by atoms with Crippen LogP contribution in [0.1, 0.15) is 24.8 Å². The van der Waals surface area contributed by atoms with Crippen molar-refractivity contribution in [1.82, 2.24) is 0 Å². The summed E-state index contributed by atoms with van der Waals surface area (Å²) in [6.45, 7) is 2.38. The van der Waals surface area contributed by atoms with Crippen LogP contribution in [0.5, 0.6) is 0 Å². The lowest BCUT2D eigenvalue weighted by Crippen LogP contribution is -2.59. The Morgan fingerprint density at radius 1 is 1.22 bits per heavy atom. The van der Waals surface area contributed by atoms with Crippen molar-refractivity contribution < 1.29 is 9.90 Å². The minimum absolute atomic E-state index is 0.641. The van der Waals surface area contributed by atoms with E-state index in [1.165, 1.54) is 44.1 Å². The molecule has 0 radical (unpaired) electrons. The molecule has 1 saturated heterocycles. The summed E-state index contributed by atoms with van der Waals surface area (Å²) in [5.41, 5.74) is 2.82. The summed E-state index contributed by atoms with van der Waals surface area (Å²) in [6.07, 6.45) is 6.97. The van der Waals surface area contributed by atoms with E-state index in [2.05, 4.69) is 17.0 Å². The lowest BCUT2D eigenvalue weighted by Gasteiger charge is -2.57. The van der Waals surface area contributed by atoms with Crippen molar-refractivity contribution >= 4 is 17.7 Å². The Bertz CT molecular complexity index is 478. The first-order chi connectivity index (χ1) is 8.67. The average molecular weight is 243 g/mol. The van der Waals surface area contributed by atoms with E-state index in [1.54, 1.807) is 6.08 Å². The van der Waals surface area contributed by atoms with E-state index >= 15 is 0 Å². The molecular weight excluding hydrogens is 226 g/mol. The first-order valence-electron chi connectivity index (χ1n) is 6.43. The van der Waals surface area contributed by atoms with Gasteiger partial charge < -0.3 is 10.0 Å². The van der Waals surface area contributed by atoms with Gasteiger partial charge in [0.25, 0.3) is 0 Å². The largest absolute Gasteiger partial charge is 0.478 e. The molecule has 1 aliphatic heterocycles. The van der Waals surface area contributed by atoms with Crippen LogP contribution in [0.25, 0.3) is 6.08 Å². The van der Waals surface area contributed by atoms with E-state index in [0.717, 1.165) is 5.56 Å². The number of anilines is 1. The smallest absolute Gasteiger partial charge is 0.328 e. The molecule has 1 spiro atoms. The van der Waals surface area contributed by atoms with Crippen molar-refractivity contribution in [3.05, 3.63) is 35.9 Å². The highest BCUT2D eigenvalue weighted by Crippen LogP contribution is 2.49. The predicted octanol–water partition coefficient (Wildman–Crippen LogP) is 2.77. The molecule has 0 atom stereocenters. The summed E-state index contributed by atoms with van der Waals surface area (Å²) >= 11 is 0. The Kier molecular flexibility index (Phi) is 2.62. The van der Waals surface area contributed by atoms with Crippen molar-refractivity contribution in [1.29, 1.82) is 0 Å². The number of hydrogen-bond acceptors (Lipinski definition) is 2. The molecule has 0 bridgehead atoms. The van der Waals surface area contributed by atoms with Gasteiger partial charge in [0.15, 0.2) is 0 Å². The van der Waals surface area contributed by atoms with Gasteiger partial charge in [-0.15, -0.1) is 0 Å². The molecule has 0 unspecified atom stereocenters. The predicted molar refractivity (Wildman–Crippen MR) is 71.6 cm³/mol. The van der Waals surface area contributed by atoms with Gasteiger partial charge >= 0.3 is 5.97 Å². The monoisotopic (exact) mass is 243 g/mol. The van der Waals surface area contributed by atoms with Gasteiger partial charge in [-0.2, -0.15) is 0 Å². The fourth-order valence-corrected chi connectivity index (χ4v) is 2.90. The summed E-state index contributed by atoms with van der Waals surface area (Å²) in [6, 6.07) is 8.10. The maximum absolute atomic E-state index is 10.4. The van der Waals surface area contributed by atoms with Crippen LogP contribution >= 0.6 is 0 Å². The SMILES string of the molecule is O=C(O)/C=C/c1ccc(N2CC3(CCC3)C2)cc1. The molecule has 0 amide bonds. The van der Waals surface area contributed by atoms with Crippen molar-refractivity contribution in [2.24, 2.45) is 5.41 Å². The van der Waals surface area contributed by atoms with Gasteiger partial charge in [-0.25, -0.2) is 4.79 Å². The van der Waals surface area contributed by atoms with Gasteiger partial charge in [0.2, 0.25) is 0 Å². The molecule has 3 heteroatoms. The minimum Gasteiger partial charge on any atom is -0.478 e. The van der Waals surface area contributed by atoms with Crippen LogP contribution < -0.4 is 4.90 Å². The van der Waals surface area contributed by atoms with Gasteiger partial charge in [0, 0.05) is 30.3 Å². The first kappa shape index (κ1) is 11.3. The van der Waals surface area contributed by atoms with Crippen LogP contribution in [0, 0.1) is 5.41 Å². The fourth-order valence-electron chi connectivity index (χ4n) is 2.90. The van der Waals surface area contributed by atoms with Crippen LogP contribution in [-0.2, 0) is 4.79 Å². The number of carboxylic acid groups (broad SMARTS) is 1. The van der Waals surface area contributed by atoms with Crippen molar-refractivity contribution in [3.8, 4) is 0 Å². The maximum atomic E-state index is 10.4. The molecule has 1 heterocycles. The van der Waals surface area contributed by atoms with Crippen molar-refractivity contribution in [2.45, 2.75) is 19.3 Å². The Labute approximate surface area is 107 Å². The summed E-state index contributed by atoms with van der Waals surface area (Å²) < 4.78 is 0. The molecule has 2 fully saturated rings. The van der Waals surface area contributed by atoms with E-state index < -0.39 is 5.97 Å². The third kappa shape index (κ3) is 2.01. The molecule has 1 saturated carbocycles. The average Bonchev–Trinajstić information content (AvgIpc) is 2.24. The lowest BCUT2D eigenvalue weighted by molar-refractivity contribution is -0.131. The second kappa shape index (κ2) is 4.16. The van der Waals surface area contributed by atoms with E-state index in [9.17, 15) is 4.79 Å². The zero-order valence-electron chi connectivity index (χ0n) is 10.3. The zero-order chi connectivity index (χ0) is 12.6. The van der Waals surface area contributed by atoms with Crippen LogP contribution in [0.15, 0.2) is 30.3 Å². The molecule has 18 heavy (non-hydrogen) atoms. The fraction of sp³-hybridized carbons (Fsp3) is 0.400. The van der Waals surface area contributed by atoms with E-state index in [-0.39, 0.29) is 0 Å². The summed E-state index contributed by atoms with van der Waals surface area (Å²) in [5.74, 6) is -0.909. The highest BCUT2D eigenvalue weighted by Gasteiger charge is 2.47. The van der Waals surface area contributed by atoms with Gasteiger partial charge in [0.05, 0.1) is 0 Å². The first-order valence-corrected chi connectivity index (χ1v) is 6.43. The molecule has 1 aliphatic carbocycles. The number of nitrogens with zero attached hydrogens (tertiary/aromatic N) is 1. The number of benzene rings is 1. The Hall–Kier alpha value is -1.77. The maximum Gasteiger partial charge on any atom is 0.328 e.